The topological polar surface area (TPSA) is 38.3 Å². The lowest BCUT2D eigenvalue weighted by atomic mass is 10.2. The molecule has 1 aromatic rings. The molecule has 2 rings (SSSR count). The first-order valence-electron chi connectivity index (χ1n) is 5.09. The van der Waals surface area contributed by atoms with Gasteiger partial charge in [-0.15, -0.1) is 0 Å². The van der Waals surface area contributed by atoms with Crippen molar-refractivity contribution in [2.24, 2.45) is 0 Å². The second kappa shape index (κ2) is 4.97. The van der Waals surface area contributed by atoms with Crippen LogP contribution in [0.25, 0.3) is 0 Å². The average Bonchev–Trinajstić information content (AvgIpc) is 2.48. The number of halogens is 4. The zero-order valence-electron chi connectivity index (χ0n) is 9.29. The van der Waals surface area contributed by atoms with Gasteiger partial charge in [0.2, 0.25) is 0 Å². The Morgan fingerprint density at radius 3 is 2.79 bits per heavy atom. The third-order valence-electron chi connectivity index (χ3n) is 2.23. The van der Waals surface area contributed by atoms with Crippen molar-refractivity contribution in [1.82, 2.24) is 0 Å². The number of fused-ring (bicyclic) bond motifs is 1. The quantitative estimate of drug-likeness (QED) is 0.802. The zero-order valence-corrected chi connectivity index (χ0v) is 10.0. The van der Waals surface area contributed by atoms with E-state index in [1.807, 2.05) is 0 Å². The molecule has 0 bridgehead atoms. The maximum Gasteiger partial charge on any atom is 0.454 e. The van der Waals surface area contributed by atoms with Gasteiger partial charge in [0.1, 0.15) is 5.75 Å². The number of hydrogen-bond donors (Lipinski definition) is 1. The number of hydrogen-bond acceptors (Lipinski definition) is 3. The molecule has 0 aromatic heterocycles. The fraction of sp³-hybridized carbons (Fsp3) is 0.0833. The van der Waals surface area contributed by atoms with E-state index in [1.54, 1.807) is 12.1 Å². The summed E-state index contributed by atoms with van der Waals surface area (Å²) in [5.74, 6) is -1.56. The van der Waals surface area contributed by atoms with E-state index in [0.29, 0.717) is 22.5 Å². The van der Waals surface area contributed by atoms with Gasteiger partial charge in [-0.25, -0.2) is 0 Å². The summed E-state index contributed by atoms with van der Waals surface area (Å²) in [6, 6.07) is 4.62. The van der Waals surface area contributed by atoms with Gasteiger partial charge in [0.25, 0.3) is 5.78 Å². The van der Waals surface area contributed by atoms with Crippen LogP contribution in [0.4, 0.5) is 18.9 Å². The first-order valence-corrected chi connectivity index (χ1v) is 5.47. The second-order valence-electron chi connectivity index (χ2n) is 3.65. The van der Waals surface area contributed by atoms with Crippen LogP contribution in [0.15, 0.2) is 42.3 Å². The van der Waals surface area contributed by atoms with Gasteiger partial charge in [-0.05, 0) is 24.3 Å². The highest BCUT2D eigenvalue weighted by Gasteiger charge is 2.36. The molecule has 100 valence electrons. The molecule has 1 aromatic carbocycles. The van der Waals surface area contributed by atoms with E-state index in [2.05, 4.69) is 5.32 Å². The van der Waals surface area contributed by atoms with Crippen molar-refractivity contribution in [1.29, 1.82) is 0 Å². The van der Waals surface area contributed by atoms with Gasteiger partial charge in [0, 0.05) is 16.8 Å². The third-order valence-corrected chi connectivity index (χ3v) is 2.46. The molecule has 0 aliphatic carbocycles. The molecule has 1 aliphatic rings. The molecule has 0 radical (unpaired) electrons. The first kappa shape index (κ1) is 13.5. The Kier molecular flexibility index (Phi) is 3.53. The Bertz CT molecular complexity index is 579. The maximum absolute atomic E-state index is 12.2. The van der Waals surface area contributed by atoms with Crippen LogP contribution >= 0.6 is 11.6 Å². The van der Waals surface area contributed by atoms with Crippen LogP contribution in [0.5, 0.6) is 5.75 Å². The Morgan fingerprint density at radius 2 is 2.11 bits per heavy atom. The normalized spacial score (nSPS) is 16.3. The minimum Gasteiger partial charge on any atom is -0.463 e. The fourth-order valence-corrected chi connectivity index (χ4v) is 1.56. The van der Waals surface area contributed by atoms with Crippen LogP contribution in [0.2, 0.25) is 5.02 Å². The Morgan fingerprint density at radius 1 is 1.37 bits per heavy atom. The molecule has 1 aliphatic heterocycles. The lowest BCUT2D eigenvalue weighted by molar-refractivity contribution is -0.165. The van der Waals surface area contributed by atoms with Gasteiger partial charge < -0.3 is 10.1 Å². The highest BCUT2D eigenvalue weighted by molar-refractivity contribution is 6.31. The largest absolute Gasteiger partial charge is 0.463 e. The highest BCUT2D eigenvalue weighted by Crippen LogP contribution is 2.31. The number of carbonyl (C=O) groups is 1. The minimum absolute atomic E-state index is 0.0386. The van der Waals surface area contributed by atoms with Gasteiger partial charge in [-0.3, -0.25) is 4.79 Å². The summed E-state index contributed by atoms with van der Waals surface area (Å²) >= 11 is 5.77. The second-order valence-corrected chi connectivity index (χ2v) is 4.08. The number of benzene rings is 1. The van der Waals surface area contributed by atoms with Crippen LogP contribution in [-0.2, 0) is 4.79 Å². The standard InChI is InChI=1S/C12H7ClF3NO2/c13-7-1-2-10-9(5-7)17-8(3-4-19-10)6-11(18)12(14,15)16/h1-6,17H/b8-6-. The summed E-state index contributed by atoms with van der Waals surface area (Å²) in [4.78, 5) is 10.9. The molecule has 0 fully saturated rings. The summed E-state index contributed by atoms with van der Waals surface area (Å²) in [6.45, 7) is 0. The molecular formula is C12H7ClF3NO2. The molecule has 0 atom stereocenters. The summed E-state index contributed by atoms with van der Waals surface area (Å²) in [5, 5.41) is 3.03. The van der Waals surface area contributed by atoms with Crippen molar-refractivity contribution in [3.8, 4) is 5.75 Å². The van der Waals surface area contributed by atoms with E-state index in [-0.39, 0.29) is 5.70 Å². The summed E-state index contributed by atoms with van der Waals surface area (Å²) in [6.07, 6.45) is -2.05. The molecule has 0 amide bonds. The van der Waals surface area contributed by atoms with E-state index < -0.39 is 12.0 Å². The number of ether oxygens (including phenoxy) is 1. The van der Waals surface area contributed by atoms with Crippen molar-refractivity contribution in [2.75, 3.05) is 5.32 Å². The number of carbonyl (C=O) groups excluding carboxylic acids is 1. The SMILES string of the molecule is O=C(/C=C1/C=COc2ccc(Cl)cc2N1)C(F)(F)F. The molecule has 7 heteroatoms. The predicted octanol–water partition coefficient (Wildman–Crippen LogP) is 3.67. The van der Waals surface area contributed by atoms with Crippen LogP contribution < -0.4 is 10.1 Å². The highest BCUT2D eigenvalue weighted by atomic mass is 35.5. The lowest BCUT2D eigenvalue weighted by Crippen LogP contribution is -2.21. The summed E-state index contributed by atoms with van der Waals surface area (Å²) < 4.78 is 41.7. The number of nitrogens with one attached hydrogen (secondary N) is 1. The molecule has 0 saturated heterocycles. The summed E-state index contributed by atoms with van der Waals surface area (Å²) in [5.41, 5.74) is 0.335. The van der Waals surface area contributed by atoms with Crippen molar-refractivity contribution < 1.29 is 22.7 Å². The summed E-state index contributed by atoms with van der Waals surface area (Å²) in [7, 11) is 0. The third kappa shape index (κ3) is 3.29. The van der Waals surface area contributed by atoms with Crippen molar-refractivity contribution in [2.45, 2.75) is 6.18 Å². The molecule has 0 spiro atoms. The minimum atomic E-state index is -4.91. The fourth-order valence-electron chi connectivity index (χ4n) is 1.39. The van der Waals surface area contributed by atoms with E-state index in [1.165, 1.54) is 18.4 Å². The molecule has 0 saturated carbocycles. The maximum atomic E-state index is 12.2. The first-order chi connectivity index (χ1) is 8.86. The number of ketones is 1. The molecule has 0 unspecified atom stereocenters. The van der Waals surface area contributed by atoms with E-state index in [4.69, 9.17) is 16.3 Å². The van der Waals surface area contributed by atoms with Crippen LogP contribution in [0.3, 0.4) is 0 Å². The molecular weight excluding hydrogens is 283 g/mol. The van der Waals surface area contributed by atoms with Crippen LogP contribution in [-0.4, -0.2) is 12.0 Å². The molecule has 1 N–H and O–H groups in total. The zero-order chi connectivity index (χ0) is 14.0. The van der Waals surface area contributed by atoms with E-state index >= 15 is 0 Å². The van der Waals surface area contributed by atoms with Crippen molar-refractivity contribution in [3.05, 3.63) is 47.3 Å². The van der Waals surface area contributed by atoms with Crippen molar-refractivity contribution in [3.63, 3.8) is 0 Å². The van der Waals surface area contributed by atoms with Gasteiger partial charge in [-0.1, -0.05) is 11.6 Å². The Hall–Kier alpha value is -1.95. The predicted molar refractivity (Wildman–Crippen MR) is 64.0 cm³/mol. The monoisotopic (exact) mass is 289 g/mol. The van der Waals surface area contributed by atoms with E-state index in [9.17, 15) is 18.0 Å². The molecule has 1 heterocycles. The van der Waals surface area contributed by atoms with Crippen LogP contribution in [0.1, 0.15) is 0 Å². The van der Waals surface area contributed by atoms with Gasteiger partial charge in [0.15, 0.2) is 0 Å². The van der Waals surface area contributed by atoms with Gasteiger partial charge in [0.05, 0.1) is 11.9 Å². The van der Waals surface area contributed by atoms with Crippen molar-refractivity contribution >= 4 is 23.1 Å². The number of allylic oxidation sites excluding steroid dienone is 2. The molecule has 19 heavy (non-hydrogen) atoms. The lowest BCUT2D eigenvalue weighted by Gasteiger charge is -2.09. The Balaban J connectivity index is 2.31. The Labute approximate surface area is 111 Å². The van der Waals surface area contributed by atoms with Gasteiger partial charge >= 0.3 is 6.18 Å². The number of alkyl halides is 3. The smallest absolute Gasteiger partial charge is 0.454 e. The molecule has 3 nitrogen and oxygen atoms in total. The average molecular weight is 290 g/mol. The van der Waals surface area contributed by atoms with E-state index in [0.717, 1.165) is 0 Å². The number of rotatable bonds is 1. The van der Waals surface area contributed by atoms with Crippen LogP contribution in [0, 0.1) is 0 Å². The van der Waals surface area contributed by atoms with Gasteiger partial charge in [-0.2, -0.15) is 13.2 Å². The number of anilines is 1.